The maximum absolute atomic E-state index is 13.0. The van der Waals surface area contributed by atoms with Crippen LogP contribution in [0.4, 0.5) is 11.4 Å². The number of fused-ring (bicyclic) bond motifs is 2. The van der Waals surface area contributed by atoms with E-state index < -0.39 is 6.04 Å². The Balaban J connectivity index is 1.43. The summed E-state index contributed by atoms with van der Waals surface area (Å²) in [5.74, 6) is -0.789. The molecule has 0 radical (unpaired) electrons. The molecule has 0 bridgehead atoms. The molecule has 0 aromatic heterocycles. The van der Waals surface area contributed by atoms with Crippen LogP contribution in [0.3, 0.4) is 0 Å². The van der Waals surface area contributed by atoms with Gasteiger partial charge >= 0.3 is 0 Å². The fourth-order valence-corrected chi connectivity index (χ4v) is 4.84. The van der Waals surface area contributed by atoms with E-state index in [1.54, 1.807) is 4.90 Å². The van der Waals surface area contributed by atoms with Crippen molar-refractivity contribution in [3.63, 3.8) is 0 Å². The fourth-order valence-electron chi connectivity index (χ4n) is 4.84. The third kappa shape index (κ3) is 3.10. The zero-order valence-electron chi connectivity index (χ0n) is 16.7. The first-order chi connectivity index (χ1) is 14.5. The van der Waals surface area contributed by atoms with Crippen molar-refractivity contribution in [2.24, 2.45) is 0 Å². The van der Waals surface area contributed by atoms with E-state index in [1.165, 1.54) is 5.56 Å². The molecule has 0 saturated carbocycles. The quantitative estimate of drug-likeness (QED) is 0.603. The molecule has 2 aromatic rings. The number of imide groups is 1. The van der Waals surface area contributed by atoms with Gasteiger partial charge in [0, 0.05) is 43.0 Å². The number of piperidine rings is 1. The molecule has 1 fully saturated rings. The number of carbonyl (C=O) groups is 3. The molecule has 154 valence electrons. The van der Waals surface area contributed by atoms with Gasteiger partial charge < -0.3 is 15.5 Å². The Kier molecular flexibility index (Phi) is 4.46. The first-order valence-electron chi connectivity index (χ1n) is 10.4. The van der Waals surface area contributed by atoms with E-state index in [0.29, 0.717) is 25.1 Å². The predicted molar refractivity (Wildman–Crippen MR) is 113 cm³/mol. The second kappa shape index (κ2) is 7.16. The number of rotatable bonds is 3. The molecule has 3 heterocycles. The molecule has 7 heteroatoms. The number of hydrogen-bond acceptors (Lipinski definition) is 5. The van der Waals surface area contributed by atoms with Crippen LogP contribution < -0.4 is 16.0 Å². The van der Waals surface area contributed by atoms with Crippen molar-refractivity contribution >= 4 is 29.1 Å². The zero-order chi connectivity index (χ0) is 20.8. The van der Waals surface area contributed by atoms with Crippen molar-refractivity contribution in [3.8, 4) is 0 Å². The molecule has 3 amide bonds. The molecular weight excluding hydrogens is 380 g/mol. The summed E-state index contributed by atoms with van der Waals surface area (Å²) in [6.45, 7) is 2.02. The Morgan fingerprint density at radius 1 is 1.10 bits per heavy atom. The standard InChI is InChI=1S/C23H24N4O3/c24-16-7-6-14-4-2-10-26(20(14)11-16)12-15-3-1-5-17-18(15)13-27(23(17)30)19-8-9-21(28)25-22(19)29/h1,3,5-7,11,19H,2,4,8-10,12-13,24H2,(H,25,28,29). The minimum atomic E-state index is -0.592. The maximum Gasteiger partial charge on any atom is 0.255 e. The third-order valence-corrected chi connectivity index (χ3v) is 6.36. The van der Waals surface area contributed by atoms with Gasteiger partial charge in [-0.25, -0.2) is 0 Å². The van der Waals surface area contributed by atoms with Crippen LogP contribution in [-0.2, 0) is 29.1 Å². The van der Waals surface area contributed by atoms with Gasteiger partial charge in [-0.2, -0.15) is 0 Å². The number of nitrogens with zero attached hydrogens (tertiary/aromatic N) is 2. The maximum atomic E-state index is 13.0. The van der Waals surface area contributed by atoms with Gasteiger partial charge in [-0.1, -0.05) is 18.2 Å². The van der Waals surface area contributed by atoms with Crippen molar-refractivity contribution in [3.05, 3.63) is 58.7 Å². The molecular formula is C23H24N4O3. The van der Waals surface area contributed by atoms with Crippen LogP contribution in [0.2, 0.25) is 0 Å². The van der Waals surface area contributed by atoms with Crippen LogP contribution in [-0.4, -0.2) is 35.2 Å². The molecule has 1 atom stereocenters. The number of amides is 3. The molecule has 0 spiro atoms. The van der Waals surface area contributed by atoms with E-state index in [-0.39, 0.29) is 24.1 Å². The molecule has 3 N–H and O–H groups in total. The highest BCUT2D eigenvalue weighted by atomic mass is 16.2. The highest BCUT2D eigenvalue weighted by molar-refractivity contribution is 6.05. The third-order valence-electron chi connectivity index (χ3n) is 6.36. The second-order valence-electron chi connectivity index (χ2n) is 8.26. The summed E-state index contributed by atoms with van der Waals surface area (Å²) in [6.07, 6.45) is 2.75. The van der Waals surface area contributed by atoms with E-state index in [0.717, 1.165) is 41.9 Å². The Hall–Kier alpha value is -3.35. The van der Waals surface area contributed by atoms with E-state index in [9.17, 15) is 14.4 Å². The minimum Gasteiger partial charge on any atom is -0.399 e. The van der Waals surface area contributed by atoms with Crippen molar-refractivity contribution in [2.45, 2.75) is 44.8 Å². The Morgan fingerprint density at radius 2 is 1.97 bits per heavy atom. The SMILES string of the molecule is Nc1ccc2c(c1)N(Cc1cccc3c1CN(C1CCC(=O)NC1=O)C3=O)CCC2. The number of nitrogen functional groups attached to an aromatic ring is 1. The van der Waals surface area contributed by atoms with Crippen LogP contribution in [0, 0.1) is 0 Å². The lowest BCUT2D eigenvalue weighted by Crippen LogP contribution is -2.52. The van der Waals surface area contributed by atoms with Crippen molar-refractivity contribution in [1.29, 1.82) is 0 Å². The lowest BCUT2D eigenvalue weighted by Gasteiger charge is -2.32. The van der Waals surface area contributed by atoms with Crippen LogP contribution in [0.15, 0.2) is 36.4 Å². The summed E-state index contributed by atoms with van der Waals surface area (Å²) in [5.41, 5.74) is 11.9. The topological polar surface area (TPSA) is 95.7 Å². The van der Waals surface area contributed by atoms with Gasteiger partial charge in [-0.3, -0.25) is 19.7 Å². The number of carbonyl (C=O) groups excluding carboxylic acids is 3. The van der Waals surface area contributed by atoms with Gasteiger partial charge in [-0.15, -0.1) is 0 Å². The van der Waals surface area contributed by atoms with Gasteiger partial charge in [0.1, 0.15) is 6.04 Å². The molecule has 3 aliphatic heterocycles. The molecule has 30 heavy (non-hydrogen) atoms. The number of hydrogen-bond donors (Lipinski definition) is 2. The summed E-state index contributed by atoms with van der Waals surface area (Å²) in [4.78, 5) is 40.8. The van der Waals surface area contributed by atoms with Gasteiger partial charge in [0.25, 0.3) is 5.91 Å². The number of anilines is 2. The average Bonchev–Trinajstić information content (AvgIpc) is 3.06. The van der Waals surface area contributed by atoms with Gasteiger partial charge in [-0.05, 0) is 54.2 Å². The molecule has 3 aliphatic rings. The molecule has 1 unspecified atom stereocenters. The number of nitrogens with one attached hydrogen (secondary N) is 1. The van der Waals surface area contributed by atoms with Gasteiger partial charge in [0.15, 0.2) is 0 Å². The second-order valence-corrected chi connectivity index (χ2v) is 8.26. The van der Waals surface area contributed by atoms with Crippen LogP contribution in [0.5, 0.6) is 0 Å². The van der Waals surface area contributed by atoms with Crippen LogP contribution >= 0.6 is 0 Å². The first kappa shape index (κ1) is 18.7. The lowest BCUT2D eigenvalue weighted by molar-refractivity contribution is -0.136. The predicted octanol–water partition coefficient (Wildman–Crippen LogP) is 1.98. The first-order valence-corrected chi connectivity index (χ1v) is 10.4. The van der Waals surface area contributed by atoms with Crippen molar-refractivity contribution < 1.29 is 14.4 Å². The highest BCUT2D eigenvalue weighted by Crippen LogP contribution is 2.34. The highest BCUT2D eigenvalue weighted by Gasteiger charge is 2.39. The van der Waals surface area contributed by atoms with Crippen LogP contribution in [0.1, 0.15) is 46.3 Å². The molecule has 0 aliphatic carbocycles. The fraction of sp³-hybridized carbons (Fsp3) is 0.348. The summed E-state index contributed by atoms with van der Waals surface area (Å²) >= 11 is 0. The Labute approximate surface area is 174 Å². The van der Waals surface area contributed by atoms with Crippen LogP contribution in [0.25, 0.3) is 0 Å². The van der Waals surface area contributed by atoms with E-state index >= 15 is 0 Å². The number of nitrogens with two attached hydrogens (primary N) is 1. The Bertz CT molecular complexity index is 1060. The molecule has 2 aromatic carbocycles. The van der Waals surface area contributed by atoms with Crippen molar-refractivity contribution in [2.75, 3.05) is 17.2 Å². The zero-order valence-corrected chi connectivity index (χ0v) is 16.7. The van der Waals surface area contributed by atoms with Crippen molar-refractivity contribution in [1.82, 2.24) is 10.2 Å². The largest absolute Gasteiger partial charge is 0.399 e. The summed E-state index contributed by atoms with van der Waals surface area (Å²) < 4.78 is 0. The van der Waals surface area contributed by atoms with E-state index in [4.69, 9.17) is 5.73 Å². The molecule has 7 nitrogen and oxygen atoms in total. The van der Waals surface area contributed by atoms with E-state index in [1.807, 2.05) is 24.3 Å². The monoisotopic (exact) mass is 404 g/mol. The molecule has 5 rings (SSSR count). The molecule has 1 saturated heterocycles. The Morgan fingerprint density at radius 3 is 2.80 bits per heavy atom. The summed E-state index contributed by atoms with van der Waals surface area (Å²) in [6, 6.07) is 11.3. The lowest BCUT2D eigenvalue weighted by atomic mass is 9.98. The van der Waals surface area contributed by atoms with E-state index in [2.05, 4.69) is 22.3 Å². The van der Waals surface area contributed by atoms with Gasteiger partial charge in [0.2, 0.25) is 11.8 Å². The summed E-state index contributed by atoms with van der Waals surface area (Å²) in [7, 11) is 0. The summed E-state index contributed by atoms with van der Waals surface area (Å²) in [5, 5.41) is 2.36. The average molecular weight is 404 g/mol. The normalized spacial score (nSPS) is 20.8. The minimum absolute atomic E-state index is 0.135. The van der Waals surface area contributed by atoms with Gasteiger partial charge in [0.05, 0.1) is 0 Å². The number of benzene rings is 2. The smallest absolute Gasteiger partial charge is 0.255 e. The number of aryl methyl sites for hydroxylation is 1.